The molecule has 6 heteroatoms. The molecule has 1 aromatic heterocycles. The van der Waals surface area contributed by atoms with Gasteiger partial charge in [-0.3, -0.25) is 0 Å². The molecule has 1 heterocycles. The van der Waals surface area contributed by atoms with E-state index < -0.39 is 15.5 Å². The zero-order chi connectivity index (χ0) is 10.3. The number of hydrogen-bond acceptors (Lipinski definition) is 4. The summed E-state index contributed by atoms with van der Waals surface area (Å²) in [4.78, 5) is 0. The first kappa shape index (κ1) is 10.2. The standard InChI is InChI=1S/C7H12N2O3S/c1-7(2,10)5-3-6(12-4-5)13(8,9)11/h3-4,10H,1-2H3,(H3,8,9,11). The highest BCUT2D eigenvalue weighted by atomic mass is 32.2. The summed E-state index contributed by atoms with van der Waals surface area (Å²) in [5, 5.41) is 14.4. The predicted octanol–water partition coefficient (Wildman–Crippen LogP) is 0.786. The van der Waals surface area contributed by atoms with Crippen LogP contribution in [0.25, 0.3) is 0 Å². The number of nitrogens with two attached hydrogens (primary N) is 1. The monoisotopic (exact) mass is 204 g/mol. The minimum Gasteiger partial charge on any atom is -0.453 e. The van der Waals surface area contributed by atoms with Crippen LogP contribution in [-0.4, -0.2) is 9.32 Å². The predicted molar refractivity (Wildman–Crippen MR) is 47.3 cm³/mol. The molecule has 5 nitrogen and oxygen atoms in total. The fourth-order valence-electron chi connectivity index (χ4n) is 0.796. The van der Waals surface area contributed by atoms with Crippen molar-refractivity contribution in [2.24, 2.45) is 5.14 Å². The Balaban J connectivity index is 3.16. The van der Waals surface area contributed by atoms with Crippen molar-refractivity contribution in [3.63, 3.8) is 0 Å². The second kappa shape index (κ2) is 2.83. The van der Waals surface area contributed by atoms with Crippen molar-refractivity contribution >= 4 is 9.92 Å². The Morgan fingerprint density at radius 2 is 2.23 bits per heavy atom. The lowest BCUT2D eigenvalue weighted by atomic mass is 10.0. The van der Waals surface area contributed by atoms with Crippen molar-refractivity contribution < 1.29 is 13.7 Å². The molecule has 0 saturated carbocycles. The second-order valence-corrected chi connectivity index (χ2v) is 4.92. The van der Waals surface area contributed by atoms with Crippen LogP contribution in [0.5, 0.6) is 0 Å². The molecule has 1 atom stereocenters. The summed E-state index contributed by atoms with van der Waals surface area (Å²) in [5.41, 5.74) is -0.625. The van der Waals surface area contributed by atoms with Crippen molar-refractivity contribution in [3.05, 3.63) is 17.9 Å². The Hall–Kier alpha value is -0.850. The molecule has 0 aliphatic carbocycles. The van der Waals surface area contributed by atoms with Gasteiger partial charge in [0.05, 0.1) is 11.9 Å². The van der Waals surface area contributed by atoms with E-state index in [0.717, 1.165) is 0 Å². The molecule has 0 saturated heterocycles. The molecule has 0 fully saturated rings. The summed E-state index contributed by atoms with van der Waals surface area (Å²) in [6.07, 6.45) is 1.25. The van der Waals surface area contributed by atoms with E-state index in [0.29, 0.717) is 5.56 Å². The molecular formula is C7H12N2O3S. The first-order valence-corrected chi connectivity index (χ1v) is 5.21. The average Bonchev–Trinajstić information content (AvgIpc) is 2.28. The van der Waals surface area contributed by atoms with Gasteiger partial charge in [-0.15, -0.1) is 0 Å². The van der Waals surface area contributed by atoms with E-state index in [9.17, 15) is 9.32 Å². The van der Waals surface area contributed by atoms with Crippen LogP contribution in [0.4, 0.5) is 0 Å². The Bertz CT molecular complexity index is 400. The largest absolute Gasteiger partial charge is 0.453 e. The van der Waals surface area contributed by atoms with Gasteiger partial charge in [0.1, 0.15) is 0 Å². The Labute approximate surface area is 76.7 Å². The van der Waals surface area contributed by atoms with E-state index in [-0.39, 0.29) is 5.09 Å². The van der Waals surface area contributed by atoms with E-state index >= 15 is 0 Å². The van der Waals surface area contributed by atoms with Crippen LogP contribution in [-0.2, 0) is 15.5 Å². The average molecular weight is 204 g/mol. The van der Waals surface area contributed by atoms with Crippen LogP contribution in [0.3, 0.4) is 0 Å². The lowest BCUT2D eigenvalue weighted by Crippen LogP contribution is -2.14. The topological polar surface area (TPSA) is 100 Å². The van der Waals surface area contributed by atoms with Gasteiger partial charge in [-0.1, -0.05) is 0 Å². The van der Waals surface area contributed by atoms with Gasteiger partial charge in [-0.2, -0.15) is 0 Å². The lowest BCUT2D eigenvalue weighted by molar-refractivity contribution is 0.0779. The number of furan rings is 1. The molecule has 0 aliphatic heterocycles. The van der Waals surface area contributed by atoms with Gasteiger partial charge in [-0.05, 0) is 13.8 Å². The highest BCUT2D eigenvalue weighted by Crippen LogP contribution is 2.23. The fourth-order valence-corrected chi connectivity index (χ4v) is 1.29. The summed E-state index contributed by atoms with van der Waals surface area (Å²) >= 11 is 0. The Morgan fingerprint density at radius 1 is 1.69 bits per heavy atom. The van der Waals surface area contributed by atoms with Crippen molar-refractivity contribution in [1.29, 1.82) is 4.78 Å². The van der Waals surface area contributed by atoms with Crippen LogP contribution in [0, 0.1) is 4.78 Å². The number of rotatable bonds is 2. The molecule has 0 spiro atoms. The molecule has 0 bridgehead atoms. The minimum atomic E-state index is -3.32. The van der Waals surface area contributed by atoms with Crippen molar-refractivity contribution in [2.45, 2.75) is 24.5 Å². The third kappa shape index (κ3) is 2.30. The first-order valence-electron chi connectivity index (χ1n) is 3.59. The number of hydrogen-bond donors (Lipinski definition) is 3. The van der Waals surface area contributed by atoms with Gasteiger partial charge >= 0.3 is 0 Å². The second-order valence-electron chi connectivity index (χ2n) is 3.31. The van der Waals surface area contributed by atoms with Crippen LogP contribution in [0.15, 0.2) is 21.8 Å². The first-order chi connectivity index (χ1) is 5.71. The molecule has 1 unspecified atom stereocenters. The summed E-state index contributed by atoms with van der Waals surface area (Å²) in [7, 11) is -3.32. The van der Waals surface area contributed by atoms with E-state index in [1.165, 1.54) is 12.3 Å². The van der Waals surface area contributed by atoms with Crippen LogP contribution in [0.1, 0.15) is 19.4 Å². The van der Waals surface area contributed by atoms with Crippen molar-refractivity contribution in [3.8, 4) is 0 Å². The van der Waals surface area contributed by atoms with E-state index in [1.54, 1.807) is 13.8 Å². The molecule has 0 amide bonds. The summed E-state index contributed by atoms with van der Waals surface area (Å²) < 4.78 is 22.8. The Kier molecular flexibility index (Phi) is 2.23. The van der Waals surface area contributed by atoms with Gasteiger partial charge in [0.25, 0.3) is 0 Å². The molecule has 0 aromatic carbocycles. The van der Waals surface area contributed by atoms with Gasteiger partial charge in [0, 0.05) is 11.6 Å². The molecule has 0 radical (unpaired) electrons. The fraction of sp³-hybridized carbons (Fsp3) is 0.429. The Morgan fingerprint density at radius 3 is 2.46 bits per heavy atom. The zero-order valence-electron chi connectivity index (χ0n) is 7.40. The van der Waals surface area contributed by atoms with Crippen LogP contribution < -0.4 is 5.14 Å². The molecule has 0 aliphatic rings. The maximum atomic E-state index is 11.0. The normalized spacial score (nSPS) is 16.9. The van der Waals surface area contributed by atoms with Crippen LogP contribution >= 0.6 is 0 Å². The van der Waals surface area contributed by atoms with E-state index in [4.69, 9.17) is 14.3 Å². The lowest BCUT2D eigenvalue weighted by Gasteiger charge is -2.13. The minimum absolute atomic E-state index is 0.121. The highest BCUT2D eigenvalue weighted by Gasteiger charge is 2.20. The molecule has 74 valence electrons. The smallest absolute Gasteiger partial charge is 0.213 e. The van der Waals surface area contributed by atoms with Gasteiger partial charge in [-0.25, -0.2) is 14.1 Å². The quantitative estimate of drug-likeness (QED) is 0.663. The van der Waals surface area contributed by atoms with Crippen molar-refractivity contribution in [1.82, 2.24) is 0 Å². The maximum absolute atomic E-state index is 11.0. The number of nitrogens with one attached hydrogen (secondary N) is 1. The third-order valence-electron chi connectivity index (χ3n) is 1.58. The SMILES string of the molecule is CC(C)(O)c1coc(S(=N)(N)=O)c1. The van der Waals surface area contributed by atoms with Gasteiger partial charge in [0.2, 0.25) is 5.09 Å². The van der Waals surface area contributed by atoms with E-state index in [1.807, 2.05) is 0 Å². The zero-order valence-corrected chi connectivity index (χ0v) is 8.22. The highest BCUT2D eigenvalue weighted by molar-refractivity contribution is 7.90. The third-order valence-corrected chi connectivity index (χ3v) is 2.39. The summed E-state index contributed by atoms with van der Waals surface area (Å²) in [5.74, 6) is 0. The summed E-state index contributed by atoms with van der Waals surface area (Å²) in [6.45, 7) is 3.12. The molecule has 13 heavy (non-hydrogen) atoms. The molecular weight excluding hydrogens is 192 g/mol. The maximum Gasteiger partial charge on any atom is 0.213 e. The van der Waals surface area contributed by atoms with E-state index in [2.05, 4.69) is 0 Å². The molecule has 1 rings (SSSR count). The molecule has 1 aromatic rings. The van der Waals surface area contributed by atoms with Gasteiger partial charge in [0.15, 0.2) is 9.92 Å². The van der Waals surface area contributed by atoms with Crippen molar-refractivity contribution in [2.75, 3.05) is 0 Å². The van der Waals surface area contributed by atoms with Gasteiger partial charge < -0.3 is 9.52 Å². The van der Waals surface area contributed by atoms with Crippen LogP contribution in [0.2, 0.25) is 0 Å². The molecule has 4 N–H and O–H groups in total. The summed E-state index contributed by atoms with van der Waals surface area (Å²) in [6, 6.07) is 1.33. The number of aliphatic hydroxyl groups is 1.